The van der Waals surface area contributed by atoms with Crippen LogP contribution in [-0.2, 0) is 4.74 Å². The standard InChI is InChI=1S/C10H7NO4/c1-15-10(14)8-7(5-12)3-2-6(4-11)9(8)13/h2-3,5,13H,1H3. The molecule has 1 rings (SSSR count). The molecule has 0 unspecified atom stereocenters. The Balaban J connectivity index is 3.50. The molecular weight excluding hydrogens is 198 g/mol. The Hall–Kier alpha value is -2.35. The molecule has 0 aliphatic carbocycles. The Morgan fingerprint density at radius 2 is 2.27 bits per heavy atom. The fraction of sp³-hybridized carbons (Fsp3) is 0.100. The van der Waals surface area contributed by atoms with Crippen LogP contribution in [0, 0.1) is 11.3 Å². The zero-order valence-corrected chi connectivity index (χ0v) is 7.85. The number of rotatable bonds is 2. The van der Waals surface area contributed by atoms with E-state index < -0.39 is 11.7 Å². The summed E-state index contributed by atoms with van der Waals surface area (Å²) in [6.45, 7) is 0. The molecule has 0 aliphatic rings. The molecular formula is C10H7NO4. The third-order valence-corrected chi connectivity index (χ3v) is 1.85. The summed E-state index contributed by atoms with van der Waals surface area (Å²) in [7, 11) is 1.12. The number of aromatic hydroxyl groups is 1. The van der Waals surface area contributed by atoms with Gasteiger partial charge < -0.3 is 9.84 Å². The van der Waals surface area contributed by atoms with E-state index in [2.05, 4.69) is 4.74 Å². The Kier molecular flexibility index (Phi) is 3.03. The van der Waals surface area contributed by atoms with Crippen molar-refractivity contribution in [3.05, 3.63) is 28.8 Å². The SMILES string of the molecule is COC(=O)c1c(C=O)ccc(C#N)c1O. The van der Waals surface area contributed by atoms with Gasteiger partial charge >= 0.3 is 5.97 Å². The normalized spacial score (nSPS) is 9.07. The lowest BCUT2D eigenvalue weighted by Gasteiger charge is -2.06. The van der Waals surface area contributed by atoms with Crippen molar-refractivity contribution in [1.82, 2.24) is 0 Å². The third-order valence-electron chi connectivity index (χ3n) is 1.85. The van der Waals surface area contributed by atoms with Crippen molar-refractivity contribution in [2.45, 2.75) is 0 Å². The van der Waals surface area contributed by atoms with E-state index in [0.717, 1.165) is 7.11 Å². The molecule has 0 fully saturated rings. The van der Waals surface area contributed by atoms with E-state index in [-0.39, 0.29) is 16.7 Å². The maximum Gasteiger partial charge on any atom is 0.342 e. The van der Waals surface area contributed by atoms with Crippen LogP contribution in [0.15, 0.2) is 12.1 Å². The van der Waals surface area contributed by atoms with Crippen LogP contribution in [0.4, 0.5) is 0 Å². The van der Waals surface area contributed by atoms with Crippen LogP contribution < -0.4 is 0 Å². The van der Waals surface area contributed by atoms with Crippen molar-refractivity contribution in [3.8, 4) is 11.8 Å². The van der Waals surface area contributed by atoms with Gasteiger partial charge in [-0.3, -0.25) is 4.79 Å². The molecule has 0 saturated heterocycles. The van der Waals surface area contributed by atoms with Crippen LogP contribution in [-0.4, -0.2) is 24.5 Å². The second-order valence-electron chi connectivity index (χ2n) is 2.65. The predicted octanol–water partition coefficient (Wildman–Crippen LogP) is 0.863. The lowest BCUT2D eigenvalue weighted by atomic mass is 10.0. The molecule has 5 nitrogen and oxygen atoms in total. The second-order valence-corrected chi connectivity index (χ2v) is 2.65. The van der Waals surface area contributed by atoms with E-state index in [1.54, 1.807) is 6.07 Å². The highest BCUT2D eigenvalue weighted by atomic mass is 16.5. The minimum atomic E-state index is -0.855. The van der Waals surface area contributed by atoms with Gasteiger partial charge in [0.15, 0.2) is 6.29 Å². The molecule has 0 saturated carbocycles. The van der Waals surface area contributed by atoms with Crippen molar-refractivity contribution in [2.24, 2.45) is 0 Å². The van der Waals surface area contributed by atoms with Crippen molar-refractivity contribution in [1.29, 1.82) is 5.26 Å². The summed E-state index contributed by atoms with van der Waals surface area (Å²) >= 11 is 0. The molecule has 5 heteroatoms. The highest BCUT2D eigenvalue weighted by Gasteiger charge is 2.19. The molecule has 76 valence electrons. The van der Waals surface area contributed by atoms with Crippen molar-refractivity contribution >= 4 is 12.3 Å². The molecule has 1 N–H and O–H groups in total. The van der Waals surface area contributed by atoms with Gasteiger partial charge in [-0.25, -0.2) is 4.79 Å². The quantitative estimate of drug-likeness (QED) is 0.571. The fourth-order valence-corrected chi connectivity index (χ4v) is 1.11. The number of methoxy groups -OCH3 is 1. The Morgan fingerprint density at radius 1 is 1.60 bits per heavy atom. The van der Waals surface area contributed by atoms with Gasteiger partial charge in [-0.2, -0.15) is 5.26 Å². The van der Waals surface area contributed by atoms with Gasteiger partial charge in [0.2, 0.25) is 0 Å². The van der Waals surface area contributed by atoms with Gasteiger partial charge in [0, 0.05) is 5.56 Å². The van der Waals surface area contributed by atoms with Gasteiger partial charge in [-0.1, -0.05) is 0 Å². The Labute approximate surface area is 85.5 Å². The number of phenols is 1. The number of hydrogen-bond donors (Lipinski definition) is 1. The monoisotopic (exact) mass is 205 g/mol. The van der Waals surface area contributed by atoms with E-state index in [9.17, 15) is 14.7 Å². The minimum absolute atomic E-state index is 0.0154. The summed E-state index contributed by atoms with van der Waals surface area (Å²) < 4.78 is 4.39. The van der Waals surface area contributed by atoms with Crippen LogP contribution in [0.2, 0.25) is 0 Å². The Morgan fingerprint density at radius 3 is 2.73 bits per heavy atom. The van der Waals surface area contributed by atoms with Gasteiger partial charge in [0.1, 0.15) is 17.4 Å². The first-order valence-corrected chi connectivity index (χ1v) is 3.95. The average molecular weight is 205 g/mol. The van der Waals surface area contributed by atoms with Crippen LogP contribution >= 0.6 is 0 Å². The molecule has 0 atom stereocenters. The van der Waals surface area contributed by atoms with E-state index in [1.807, 2.05) is 0 Å². The first-order valence-electron chi connectivity index (χ1n) is 3.95. The van der Waals surface area contributed by atoms with E-state index >= 15 is 0 Å². The molecule has 1 aromatic rings. The zero-order valence-electron chi connectivity index (χ0n) is 7.85. The van der Waals surface area contributed by atoms with Gasteiger partial charge in [0.05, 0.1) is 12.7 Å². The number of hydrogen-bond acceptors (Lipinski definition) is 5. The number of nitriles is 1. The van der Waals surface area contributed by atoms with Crippen molar-refractivity contribution in [2.75, 3.05) is 7.11 Å². The van der Waals surface area contributed by atoms with Crippen LogP contribution in [0.3, 0.4) is 0 Å². The fourth-order valence-electron chi connectivity index (χ4n) is 1.11. The number of nitrogens with zero attached hydrogens (tertiary/aromatic N) is 1. The van der Waals surface area contributed by atoms with Crippen LogP contribution in [0.1, 0.15) is 26.3 Å². The van der Waals surface area contributed by atoms with Crippen molar-refractivity contribution < 1.29 is 19.4 Å². The molecule has 0 aliphatic heterocycles. The van der Waals surface area contributed by atoms with Crippen molar-refractivity contribution in [3.63, 3.8) is 0 Å². The third kappa shape index (κ3) is 1.79. The molecule has 0 radical (unpaired) electrons. The van der Waals surface area contributed by atoms with E-state index in [0.29, 0.717) is 6.29 Å². The number of aldehydes is 1. The molecule has 0 spiro atoms. The number of carbonyl (C=O) groups excluding carboxylic acids is 2. The summed E-state index contributed by atoms with van der Waals surface area (Å²) in [5.74, 6) is -1.39. The zero-order chi connectivity index (χ0) is 11.4. The smallest absolute Gasteiger partial charge is 0.342 e. The van der Waals surface area contributed by atoms with E-state index in [1.165, 1.54) is 12.1 Å². The molecule has 0 bridgehead atoms. The molecule has 0 amide bonds. The maximum atomic E-state index is 11.2. The summed E-state index contributed by atoms with van der Waals surface area (Å²) in [6, 6.07) is 4.22. The molecule has 15 heavy (non-hydrogen) atoms. The summed E-state index contributed by atoms with van der Waals surface area (Å²) in [6.07, 6.45) is 0.410. The second kappa shape index (κ2) is 4.24. The Bertz CT molecular complexity index is 459. The summed E-state index contributed by atoms with van der Waals surface area (Å²) in [5.41, 5.74) is -0.383. The number of ether oxygens (including phenoxy) is 1. The lowest BCUT2D eigenvalue weighted by molar-refractivity contribution is 0.0595. The molecule has 0 aromatic heterocycles. The first kappa shape index (κ1) is 10.7. The predicted molar refractivity (Wildman–Crippen MR) is 49.5 cm³/mol. The highest BCUT2D eigenvalue weighted by molar-refractivity contribution is 6.01. The molecule has 0 heterocycles. The number of benzene rings is 1. The summed E-state index contributed by atoms with van der Waals surface area (Å²) in [4.78, 5) is 21.8. The van der Waals surface area contributed by atoms with Gasteiger partial charge in [0.25, 0.3) is 0 Å². The number of phenolic OH excluding ortho intramolecular Hbond substituents is 1. The van der Waals surface area contributed by atoms with Gasteiger partial charge in [-0.05, 0) is 12.1 Å². The molecule has 1 aromatic carbocycles. The number of esters is 1. The van der Waals surface area contributed by atoms with Crippen LogP contribution in [0.25, 0.3) is 0 Å². The van der Waals surface area contributed by atoms with E-state index in [4.69, 9.17) is 5.26 Å². The highest BCUT2D eigenvalue weighted by Crippen LogP contribution is 2.25. The topological polar surface area (TPSA) is 87.4 Å². The summed E-state index contributed by atoms with van der Waals surface area (Å²) in [5, 5.41) is 18.1. The first-order chi connectivity index (χ1) is 7.15. The largest absolute Gasteiger partial charge is 0.506 e. The van der Waals surface area contributed by atoms with Gasteiger partial charge in [-0.15, -0.1) is 0 Å². The lowest BCUT2D eigenvalue weighted by Crippen LogP contribution is -2.06. The average Bonchev–Trinajstić information content (AvgIpc) is 2.27. The van der Waals surface area contributed by atoms with Crippen LogP contribution in [0.5, 0.6) is 5.75 Å². The minimum Gasteiger partial charge on any atom is -0.506 e. The number of carbonyl (C=O) groups is 2. The maximum absolute atomic E-state index is 11.2.